The molecule has 1 atom stereocenters. The summed E-state index contributed by atoms with van der Waals surface area (Å²) in [7, 11) is 0. The Morgan fingerprint density at radius 2 is 2.37 bits per heavy atom. The number of carbonyl (C=O) groups is 1. The third-order valence-corrected chi connectivity index (χ3v) is 3.89. The van der Waals surface area contributed by atoms with Gasteiger partial charge >= 0.3 is 0 Å². The summed E-state index contributed by atoms with van der Waals surface area (Å²) >= 11 is 5.96. The Bertz CT molecular complexity index is 471. The van der Waals surface area contributed by atoms with E-state index in [1.54, 1.807) is 0 Å². The number of benzene rings is 1. The molecule has 1 amide bonds. The number of rotatable bonds is 3. The highest BCUT2D eigenvalue weighted by molar-refractivity contribution is 6.33. The van der Waals surface area contributed by atoms with Gasteiger partial charge in [-0.25, -0.2) is 0 Å². The second kappa shape index (κ2) is 5.80. The first-order valence-corrected chi connectivity index (χ1v) is 6.85. The lowest BCUT2D eigenvalue weighted by atomic mass is 9.83. The van der Waals surface area contributed by atoms with Crippen LogP contribution in [0.25, 0.3) is 0 Å². The van der Waals surface area contributed by atoms with Crippen molar-refractivity contribution in [1.82, 2.24) is 10.6 Å². The molecular formula is C14H19ClN2O2. The van der Waals surface area contributed by atoms with Gasteiger partial charge in [0.1, 0.15) is 5.75 Å². The maximum absolute atomic E-state index is 12.1. The van der Waals surface area contributed by atoms with Crippen LogP contribution in [0, 0.1) is 5.41 Å². The molecule has 104 valence electrons. The van der Waals surface area contributed by atoms with Gasteiger partial charge in [0.25, 0.3) is 5.91 Å². The van der Waals surface area contributed by atoms with E-state index in [1.165, 1.54) is 18.2 Å². The fourth-order valence-electron chi connectivity index (χ4n) is 2.35. The fraction of sp³-hybridized carbons (Fsp3) is 0.500. The summed E-state index contributed by atoms with van der Waals surface area (Å²) < 4.78 is 0. The van der Waals surface area contributed by atoms with Crippen molar-refractivity contribution in [1.29, 1.82) is 0 Å². The van der Waals surface area contributed by atoms with E-state index in [4.69, 9.17) is 11.6 Å². The average molecular weight is 283 g/mol. The number of hydrogen-bond acceptors (Lipinski definition) is 3. The number of hydrogen-bond donors (Lipinski definition) is 3. The lowest BCUT2D eigenvalue weighted by molar-refractivity contribution is 0.0924. The second-order valence-electron chi connectivity index (χ2n) is 5.44. The first-order chi connectivity index (χ1) is 9.00. The van der Waals surface area contributed by atoms with Gasteiger partial charge in [0, 0.05) is 13.1 Å². The zero-order chi connectivity index (χ0) is 13.9. The number of phenols is 1. The quantitative estimate of drug-likeness (QED) is 0.796. The van der Waals surface area contributed by atoms with Crippen LogP contribution in [0.2, 0.25) is 5.02 Å². The molecule has 1 unspecified atom stereocenters. The average Bonchev–Trinajstić information content (AvgIpc) is 2.40. The van der Waals surface area contributed by atoms with Gasteiger partial charge in [-0.05, 0) is 43.0 Å². The fourth-order valence-corrected chi connectivity index (χ4v) is 2.55. The normalized spacial score (nSPS) is 23.1. The number of phenolic OH excluding ortho intramolecular Hbond substituents is 1. The molecule has 5 heteroatoms. The molecule has 1 aromatic carbocycles. The number of carbonyl (C=O) groups excluding carboxylic acids is 1. The molecule has 2 rings (SSSR count). The highest BCUT2D eigenvalue weighted by atomic mass is 35.5. The minimum Gasteiger partial charge on any atom is -0.508 e. The molecule has 0 aliphatic carbocycles. The number of amides is 1. The van der Waals surface area contributed by atoms with E-state index in [-0.39, 0.29) is 17.1 Å². The minimum absolute atomic E-state index is 0.0418. The van der Waals surface area contributed by atoms with Gasteiger partial charge in [-0.3, -0.25) is 4.79 Å². The van der Waals surface area contributed by atoms with Crippen LogP contribution in [0.15, 0.2) is 18.2 Å². The maximum Gasteiger partial charge on any atom is 0.252 e. The third kappa shape index (κ3) is 3.61. The highest BCUT2D eigenvalue weighted by Gasteiger charge is 2.27. The van der Waals surface area contributed by atoms with Crippen molar-refractivity contribution in [3.63, 3.8) is 0 Å². The van der Waals surface area contributed by atoms with Crippen LogP contribution >= 0.6 is 11.6 Å². The molecule has 1 saturated heterocycles. The van der Waals surface area contributed by atoms with Gasteiger partial charge in [-0.15, -0.1) is 0 Å². The predicted octanol–water partition coefficient (Wildman–Crippen LogP) is 2.17. The molecule has 0 radical (unpaired) electrons. The summed E-state index contributed by atoms with van der Waals surface area (Å²) in [5, 5.41) is 16.0. The zero-order valence-corrected chi connectivity index (χ0v) is 11.8. The molecule has 0 spiro atoms. The van der Waals surface area contributed by atoms with Crippen LogP contribution in [0.4, 0.5) is 0 Å². The van der Waals surface area contributed by atoms with E-state index in [1.807, 2.05) is 0 Å². The van der Waals surface area contributed by atoms with Crippen LogP contribution in [0.5, 0.6) is 5.75 Å². The number of halogens is 1. The van der Waals surface area contributed by atoms with Crippen LogP contribution < -0.4 is 10.6 Å². The van der Waals surface area contributed by atoms with Crippen LogP contribution in [-0.2, 0) is 0 Å². The van der Waals surface area contributed by atoms with Crippen molar-refractivity contribution in [2.45, 2.75) is 19.8 Å². The number of aromatic hydroxyl groups is 1. The van der Waals surface area contributed by atoms with Crippen molar-refractivity contribution in [3.8, 4) is 5.75 Å². The molecule has 0 saturated carbocycles. The van der Waals surface area contributed by atoms with Crippen LogP contribution in [0.1, 0.15) is 30.1 Å². The lowest BCUT2D eigenvalue weighted by Gasteiger charge is -2.34. The number of piperidine rings is 1. The number of nitrogens with one attached hydrogen (secondary N) is 2. The minimum atomic E-state index is -0.243. The second-order valence-corrected chi connectivity index (χ2v) is 5.85. The third-order valence-electron chi connectivity index (χ3n) is 3.56. The Morgan fingerprint density at radius 3 is 3.05 bits per heavy atom. The summed E-state index contributed by atoms with van der Waals surface area (Å²) in [6.07, 6.45) is 2.22. The summed E-state index contributed by atoms with van der Waals surface area (Å²) in [4.78, 5) is 12.1. The molecule has 1 aromatic rings. The Kier molecular flexibility index (Phi) is 4.32. The van der Waals surface area contributed by atoms with Gasteiger partial charge < -0.3 is 15.7 Å². The van der Waals surface area contributed by atoms with E-state index in [2.05, 4.69) is 17.6 Å². The van der Waals surface area contributed by atoms with E-state index in [0.717, 1.165) is 25.9 Å². The predicted molar refractivity (Wildman–Crippen MR) is 75.7 cm³/mol. The van der Waals surface area contributed by atoms with Gasteiger partial charge in [-0.1, -0.05) is 18.5 Å². The van der Waals surface area contributed by atoms with Gasteiger partial charge in [0.15, 0.2) is 0 Å². The van der Waals surface area contributed by atoms with E-state index < -0.39 is 0 Å². The molecule has 1 aliphatic rings. The summed E-state index contributed by atoms with van der Waals surface area (Å²) in [5.74, 6) is -0.201. The summed E-state index contributed by atoms with van der Waals surface area (Å²) in [5.41, 5.74) is 0.394. The molecule has 4 nitrogen and oxygen atoms in total. The summed E-state index contributed by atoms with van der Waals surface area (Å²) in [6, 6.07) is 4.38. The molecule has 0 bridgehead atoms. The Morgan fingerprint density at radius 1 is 1.58 bits per heavy atom. The Balaban J connectivity index is 1.99. The Labute approximate surface area is 118 Å². The SMILES string of the molecule is CC1(CNC(=O)c2cc(O)ccc2Cl)CCCNC1. The Hall–Kier alpha value is -1.26. The van der Waals surface area contributed by atoms with Gasteiger partial charge in [0.2, 0.25) is 0 Å². The van der Waals surface area contributed by atoms with Crippen molar-refractivity contribution in [3.05, 3.63) is 28.8 Å². The standard InChI is InChI=1S/C14H19ClN2O2/c1-14(5-2-6-16-8-14)9-17-13(19)11-7-10(18)3-4-12(11)15/h3-4,7,16,18H,2,5-6,8-9H2,1H3,(H,17,19). The highest BCUT2D eigenvalue weighted by Crippen LogP contribution is 2.25. The van der Waals surface area contributed by atoms with E-state index in [9.17, 15) is 9.90 Å². The first-order valence-electron chi connectivity index (χ1n) is 6.48. The van der Waals surface area contributed by atoms with Crippen molar-refractivity contribution in [2.24, 2.45) is 5.41 Å². The molecular weight excluding hydrogens is 264 g/mol. The maximum atomic E-state index is 12.1. The van der Waals surface area contributed by atoms with E-state index >= 15 is 0 Å². The molecule has 1 aliphatic heterocycles. The molecule has 1 heterocycles. The lowest BCUT2D eigenvalue weighted by Crippen LogP contribution is -2.45. The molecule has 0 aromatic heterocycles. The van der Waals surface area contributed by atoms with Crippen molar-refractivity contribution >= 4 is 17.5 Å². The van der Waals surface area contributed by atoms with Crippen LogP contribution in [-0.4, -0.2) is 30.6 Å². The first kappa shape index (κ1) is 14.2. The molecule has 3 N–H and O–H groups in total. The van der Waals surface area contributed by atoms with Crippen molar-refractivity contribution < 1.29 is 9.90 Å². The largest absolute Gasteiger partial charge is 0.508 e. The molecule has 19 heavy (non-hydrogen) atoms. The summed E-state index contributed by atoms with van der Waals surface area (Å²) in [6.45, 7) is 4.71. The monoisotopic (exact) mass is 282 g/mol. The zero-order valence-electron chi connectivity index (χ0n) is 11.0. The topological polar surface area (TPSA) is 61.4 Å². The van der Waals surface area contributed by atoms with E-state index in [0.29, 0.717) is 17.1 Å². The van der Waals surface area contributed by atoms with Crippen molar-refractivity contribution in [2.75, 3.05) is 19.6 Å². The molecule has 1 fully saturated rings. The van der Waals surface area contributed by atoms with Gasteiger partial charge in [0.05, 0.1) is 10.6 Å². The smallest absolute Gasteiger partial charge is 0.252 e. The van der Waals surface area contributed by atoms with Crippen LogP contribution in [0.3, 0.4) is 0 Å². The van der Waals surface area contributed by atoms with Gasteiger partial charge in [-0.2, -0.15) is 0 Å².